The number of halogens is 5. The highest BCUT2D eigenvalue weighted by Gasteiger charge is 2.50. The van der Waals surface area contributed by atoms with Gasteiger partial charge in [-0.05, 0) is 43.0 Å². The fraction of sp³-hybridized carbons (Fsp3) is 0.400. The number of likely N-dealkylation sites (tertiary alicyclic amines) is 1. The largest absolute Gasteiger partial charge is 0.416 e. The molecule has 0 unspecified atom stereocenters. The summed E-state index contributed by atoms with van der Waals surface area (Å²) in [5.41, 5.74) is -0.260. The predicted octanol–water partition coefficient (Wildman–Crippen LogP) is 4.35. The number of aromatic nitrogens is 1. The number of carbonyl (C=O) groups is 1. The third-order valence-corrected chi connectivity index (χ3v) is 5.70. The summed E-state index contributed by atoms with van der Waals surface area (Å²) in [6.07, 6.45) is -1.28. The van der Waals surface area contributed by atoms with Crippen molar-refractivity contribution in [3.63, 3.8) is 0 Å². The number of hydrogen-bond acceptors (Lipinski definition) is 3. The van der Waals surface area contributed by atoms with Crippen LogP contribution in [0.5, 0.6) is 0 Å². The number of rotatable bonds is 2. The van der Waals surface area contributed by atoms with Crippen molar-refractivity contribution in [3.05, 3.63) is 53.6 Å². The SMILES string of the molecule is CN1CC[C@]2(CC[C@H](c3cc(-c4ccc(C(F)(F)F)cc4)c(F)cn3)N2)C1=O.Cl. The molecule has 1 aromatic carbocycles. The molecule has 2 aromatic rings. The van der Waals surface area contributed by atoms with Crippen molar-refractivity contribution in [1.29, 1.82) is 0 Å². The maximum Gasteiger partial charge on any atom is 0.416 e. The maximum atomic E-state index is 14.3. The van der Waals surface area contributed by atoms with Crippen LogP contribution in [-0.4, -0.2) is 34.9 Å². The lowest BCUT2D eigenvalue weighted by Crippen LogP contribution is -2.47. The van der Waals surface area contributed by atoms with E-state index in [0.29, 0.717) is 37.1 Å². The first kappa shape index (κ1) is 21.5. The smallest absolute Gasteiger partial charge is 0.344 e. The number of amides is 1. The minimum atomic E-state index is -4.44. The molecule has 0 radical (unpaired) electrons. The highest BCUT2D eigenvalue weighted by atomic mass is 35.5. The zero-order valence-corrected chi connectivity index (χ0v) is 16.4. The molecule has 0 saturated carbocycles. The molecule has 156 valence electrons. The Balaban J connectivity index is 0.00000240. The fourth-order valence-electron chi connectivity index (χ4n) is 4.09. The minimum Gasteiger partial charge on any atom is -0.344 e. The van der Waals surface area contributed by atoms with Crippen molar-refractivity contribution in [3.8, 4) is 11.1 Å². The first-order valence-electron chi connectivity index (χ1n) is 9.06. The van der Waals surface area contributed by atoms with Crippen molar-refractivity contribution in [1.82, 2.24) is 15.2 Å². The lowest BCUT2D eigenvalue weighted by Gasteiger charge is -2.23. The summed E-state index contributed by atoms with van der Waals surface area (Å²) in [5, 5.41) is 3.37. The number of alkyl halides is 3. The number of benzene rings is 1. The van der Waals surface area contributed by atoms with Crippen LogP contribution in [0.1, 0.15) is 36.6 Å². The molecule has 2 aliphatic rings. The second kappa shape index (κ2) is 7.57. The van der Waals surface area contributed by atoms with Crippen LogP contribution >= 0.6 is 12.4 Å². The Kier molecular flexibility index (Phi) is 5.62. The Labute approximate surface area is 171 Å². The van der Waals surface area contributed by atoms with Gasteiger partial charge in [-0.1, -0.05) is 12.1 Å². The van der Waals surface area contributed by atoms with Crippen molar-refractivity contribution < 1.29 is 22.4 Å². The van der Waals surface area contributed by atoms with E-state index in [2.05, 4.69) is 10.3 Å². The molecule has 1 spiro atoms. The molecule has 0 bridgehead atoms. The highest BCUT2D eigenvalue weighted by molar-refractivity contribution is 5.88. The van der Waals surface area contributed by atoms with Crippen LogP contribution in [0, 0.1) is 5.82 Å². The average molecular weight is 430 g/mol. The molecule has 4 nitrogen and oxygen atoms in total. The van der Waals surface area contributed by atoms with Gasteiger partial charge in [0.1, 0.15) is 11.4 Å². The zero-order chi connectivity index (χ0) is 20.1. The molecule has 1 amide bonds. The molecule has 9 heteroatoms. The van der Waals surface area contributed by atoms with E-state index in [0.717, 1.165) is 18.3 Å². The monoisotopic (exact) mass is 429 g/mol. The Morgan fingerprint density at radius 1 is 1.21 bits per heavy atom. The molecule has 3 heterocycles. The molecule has 1 aromatic heterocycles. The van der Waals surface area contributed by atoms with Crippen molar-refractivity contribution >= 4 is 18.3 Å². The van der Waals surface area contributed by atoms with Gasteiger partial charge < -0.3 is 4.90 Å². The maximum absolute atomic E-state index is 14.3. The summed E-state index contributed by atoms with van der Waals surface area (Å²) in [4.78, 5) is 18.3. The van der Waals surface area contributed by atoms with E-state index in [-0.39, 0.29) is 29.9 Å². The summed E-state index contributed by atoms with van der Waals surface area (Å²) < 4.78 is 52.6. The van der Waals surface area contributed by atoms with Crippen LogP contribution in [-0.2, 0) is 11.0 Å². The molecule has 4 rings (SSSR count). The molecule has 2 fully saturated rings. The van der Waals surface area contributed by atoms with Crippen LogP contribution in [0.3, 0.4) is 0 Å². The quantitative estimate of drug-likeness (QED) is 0.722. The van der Waals surface area contributed by atoms with Crippen molar-refractivity contribution in [2.75, 3.05) is 13.6 Å². The lowest BCUT2D eigenvalue weighted by atomic mass is 9.96. The first-order chi connectivity index (χ1) is 13.2. The lowest BCUT2D eigenvalue weighted by molar-refractivity contribution is -0.137. The number of nitrogens with one attached hydrogen (secondary N) is 1. The predicted molar refractivity (Wildman–Crippen MR) is 102 cm³/mol. The summed E-state index contributed by atoms with van der Waals surface area (Å²) >= 11 is 0. The van der Waals surface area contributed by atoms with Gasteiger partial charge in [0, 0.05) is 19.2 Å². The number of nitrogens with zero attached hydrogens (tertiary/aromatic N) is 2. The third-order valence-electron chi connectivity index (χ3n) is 5.70. The molecule has 2 aliphatic heterocycles. The van der Waals surface area contributed by atoms with Gasteiger partial charge in [0.15, 0.2) is 0 Å². The van der Waals surface area contributed by atoms with E-state index < -0.39 is 23.1 Å². The van der Waals surface area contributed by atoms with E-state index in [4.69, 9.17) is 0 Å². The second-order valence-electron chi connectivity index (χ2n) is 7.46. The van der Waals surface area contributed by atoms with Gasteiger partial charge >= 0.3 is 6.18 Å². The van der Waals surface area contributed by atoms with E-state index in [9.17, 15) is 22.4 Å². The van der Waals surface area contributed by atoms with Crippen LogP contribution in [0.2, 0.25) is 0 Å². The Bertz CT molecular complexity index is 919. The molecular formula is C20H20ClF4N3O. The molecule has 0 aliphatic carbocycles. The molecule has 2 atom stereocenters. The van der Waals surface area contributed by atoms with Gasteiger partial charge in [0.05, 0.1) is 23.5 Å². The van der Waals surface area contributed by atoms with E-state index in [1.807, 2.05) is 0 Å². The van der Waals surface area contributed by atoms with Gasteiger partial charge in [-0.2, -0.15) is 13.2 Å². The average Bonchev–Trinajstić information content (AvgIpc) is 3.22. The molecular weight excluding hydrogens is 410 g/mol. The number of likely N-dealkylation sites (N-methyl/N-ethyl adjacent to an activating group) is 1. The zero-order valence-electron chi connectivity index (χ0n) is 15.6. The van der Waals surface area contributed by atoms with Crippen LogP contribution in [0.4, 0.5) is 17.6 Å². The Morgan fingerprint density at radius 3 is 2.48 bits per heavy atom. The molecule has 1 N–H and O–H groups in total. The van der Waals surface area contributed by atoms with E-state index in [1.165, 1.54) is 12.1 Å². The summed E-state index contributed by atoms with van der Waals surface area (Å²) in [7, 11) is 1.77. The first-order valence-corrected chi connectivity index (χ1v) is 9.06. The van der Waals surface area contributed by atoms with Gasteiger partial charge in [0.25, 0.3) is 0 Å². The topological polar surface area (TPSA) is 45.2 Å². The fourth-order valence-corrected chi connectivity index (χ4v) is 4.09. The van der Waals surface area contributed by atoms with Gasteiger partial charge in [-0.3, -0.25) is 15.1 Å². The molecule has 2 saturated heterocycles. The van der Waals surface area contributed by atoms with Gasteiger partial charge in [-0.25, -0.2) is 4.39 Å². The summed E-state index contributed by atoms with van der Waals surface area (Å²) in [5.74, 6) is -0.548. The number of hydrogen-bond donors (Lipinski definition) is 1. The van der Waals surface area contributed by atoms with Crippen LogP contribution in [0.25, 0.3) is 11.1 Å². The molecule has 29 heavy (non-hydrogen) atoms. The third kappa shape index (κ3) is 3.83. The Morgan fingerprint density at radius 2 is 1.90 bits per heavy atom. The highest BCUT2D eigenvalue weighted by Crippen LogP contribution is 2.39. The van der Waals surface area contributed by atoms with Crippen LogP contribution < -0.4 is 5.32 Å². The summed E-state index contributed by atoms with van der Waals surface area (Å²) in [6, 6.07) is 5.73. The van der Waals surface area contributed by atoms with Gasteiger partial charge in [0.2, 0.25) is 5.91 Å². The minimum absolute atomic E-state index is 0. The van der Waals surface area contributed by atoms with Crippen molar-refractivity contribution in [2.45, 2.75) is 37.0 Å². The van der Waals surface area contributed by atoms with Crippen molar-refractivity contribution in [2.24, 2.45) is 0 Å². The standard InChI is InChI=1S/C20H19F4N3O.ClH/c1-27-9-8-19(18(27)28)7-6-16(26-19)17-10-14(15(21)11-25-17)12-2-4-13(5-3-12)20(22,23)24;/h2-5,10-11,16,26H,6-9H2,1H3;1H/t16-,19-;/m1./s1. The van der Waals surface area contributed by atoms with Crippen LogP contribution in [0.15, 0.2) is 36.5 Å². The van der Waals surface area contributed by atoms with E-state index >= 15 is 0 Å². The second-order valence-corrected chi connectivity index (χ2v) is 7.46. The normalized spacial score (nSPS) is 24.2. The number of pyridine rings is 1. The van der Waals surface area contributed by atoms with Gasteiger partial charge in [-0.15, -0.1) is 12.4 Å². The number of carbonyl (C=O) groups excluding carboxylic acids is 1. The Hall–Kier alpha value is -2.19. The summed E-state index contributed by atoms with van der Waals surface area (Å²) in [6.45, 7) is 0.687. The van der Waals surface area contributed by atoms with E-state index in [1.54, 1.807) is 18.0 Å².